The van der Waals surface area contributed by atoms with Crippen molar-refractivity contribution in [2.24, 2.45) is 0 Å². The molecule has 1 atom stereocenters. The fourth-order valence-electron chi connectivity index (χ4n) is 2.04. The molecule has 0 spiro atoms. The fraction of sp³-hybridized carbons (Fsp3) is 0.333. The van der Waals surface area contributed by atoms with E-state index in [1.165, 1.54) is 0 Å². The van der Waals surface area contributed by atoms with Crippen LogP contribution in [0.25, 0.3) is 11.4 Å². The lowest BCUT2D eigenvalue weighted by atomic mass is 10.1. The molecule has 1 N–H and O–H groups in total. The van der Waals surface area contributed by atoms with Crippen LogP contribution in [0.5, 0.6) is 5.75 Å². The number of aryl methyl sites for hydroxylation is 2. The molecule has 4 heteroatoms. The molecular formula is C15H18N2O2. The van der Waals surface area contributed by atoms with Crippen LogP contribution in [0.2, 0.25) is 0 Å². The molecule has 1 heterocycles. The first kappa shape index (κ1) is 13.5. The van der Waals surface area contributed by atoms with Gasteiger partial charge in [0.1, 0.15) is 5.75 Å². The zero-order chi connectivity index (χ0) is 14.0. The van der Waals surface area contributed by atoms with Crippen LogP contribution in [0, 0.1) is 13.8 Å². The Bertz CT molecular complexity index is 595. The van der Waals surface area contributed by atoms with Crippen LogP contribution in [-0.2, 0) is 0 Å². The van der Waals surface area contributed by atoms with Crippen molar-refractivity contribution in [2.45, 2.75) is 26.9 Å². The molecule has 0 fully saturated rings. The Kier molecular flexibility index (Phi) is 3.81. The van der Waals surface area contributed by atoms with Crippen molar-refractivity contribution in [2.75, 3.05) is 7.11 Å². The van der Waals surface area contributed by atoms with Crippen molar-refractivity contribution in [1.29, 1.82) is 0 Å². The van der Waals surface area contributed by atoms with Crippen molar-refractivity contribution >= 4 is 0 Å². The van der Waals surface area contributed by atoms with Gasteiger partial charge in [0, 0.05) is 23.0 Å². The highest BCUT2D eigenvalue weighted by molar-refractivity contribution is 5.58. The van der Waals surface area contributed by atoms with Gasteiger partial charge in [-0.2, -0.15) is 0 Å². The minimum absolute atomic E-state index is 0.549. The van der Waals surface area contributed by atoms with Gasteiger partial charge in [0.2, 0.25) is 0 Å². The van der Waals surface area contributed by atoms with E-state index in [1.54, 1.807) is 20.2 Å². The largest absolute Gasteiger partial charge is 0.496 e. The summed E-state index contributed by atoms with van der Waals surface area (Å²) in [6.07, 6.45) is 1.13. The molecular weight excluding hydrogens is 240 g/mol. The van der Waals surface area contributed by atoms with Crippen LogP contribution >= 0.6 is 0 Å². The molecule has 0 bridgehead atoms. The van der Waals surface area contributed by atoms with Crippen LogP contribution < -0.4 is 4.74 Å². The van der Waals surface area contributed by atoms with Crippen LogP contribution in [0.3, 0.4) is 0 Å². The molecule has 0 saturated heterocycles. The first-order valence-corrected chi connectivity index (χ1v) is 6.19. The maximum atomic E-state index is 9.58. The first-order chi connectivity index (χ1) is 9.02. The third-order valence-electron chi connectivity index (χ3n) is 3.12. The van der Waals surface area contributed by atoms with E-state index in [2.05, 4.69) is 9.97 Å². The van der Waals surface area contributed by atoms with E-state index >= 15 is 0 Å². The van der Waals surface area contributed by atoms with Gasteiger partial charge in [-0.05, 0) is 44.5 Å². The molecule has 0 amide bonds. The predicted octanol–water partition coefficient (Wildman–Crippen LogP) is 2.82. The highest BCUT2D eigenvalue weighted by atomic mass is 16.5. The Morgan fingerprint density at radius 2 is 2.00 bits per heavy atom. The van der Waals surface area contributed by atoms with Crippen LogP contribution in [-0.4, -0.2) is 22.2 Å². The molecule has 0 radical (unpaired) electrons. The Labute approximate surface area is 113 Å². The molecule has 2 aromatic rings. The second kappa shape index (κ2) is 5.36. The zero-order valence-electron chi connectivity index (χ0n) is 11.6. The number of rotatable bonds is 3. The first-order valence-electron chi connectivity index (χ1n) is 6.19. The van der Waals surface area contributed by atoms with Gasteiger partial charge in [0.05, 0.1) is 13.2 Å². The highest BCUT2D eigenvalue weighted by Gasteiger charge is 2.10. The minimum Gasteiger partial charge on any atom is -0.496 e. The van der Waals surface area contributed by atoms with Crippen LogP contribution in [0.15, 0.2) is 24.4 Å². The SMILES string of the molecule is COc1ccc(-c2ncc([C@H](C)O)c(C)n2)cc1C. The van der Waals surface area contributed by atoms with E-state index in [9.17, 15) is 5.11 Å². The van der Waals surface area contributed by atoms with Gasteiger partial charge in [-0.3, -0.25) is 0 Å². The summed E-state index contributed by atoms with van der Waals surface area (Å²) in [6, 6.07) is 5.84. The summed E-state index contributed by atoms with van der Waals surface area (Å²) < 4.78 is 5.24. The van der Waals surface area contributed by atoms with E-state index in [0.29, 0.717) is 5.82 Å². The molecule has 19 heavy (non-hydrogen) atoms. The van der Waals surface area contributed by atoms with Gasteiger partial charge in [-0.15, -0.1) is 0 Å². The topological polar surface area (TPSA) is 55.2 Å². The Morgan fingerprint density at radius 3 is 2.53 bits per heavy atom. The second-order valence-corrected chi connectivity index (χ2v) is 4.59. The normalized spacial score (nSPS) is 12.3. The number of nitrogens with zero attached hydrogens (tertiary/aromatic N) is 2. The Morgan fingerprint density at radius 1 is 1.26 bits per heavy atom. The molecule has 1 aromatic heterocycles. The fourth-order valence-corrected chi connectivity index (χ4v) is 2.04. The molecule has 4 nitrogen and oxygen atoms in total. The number of benzene rings is 1. The van der Waals surface area contributed by atoms with Gasteiger partial charge < -0.3 is 9.84 Å². The van der Waals surface area contributed by atoms with Crippen molar-refractivity contribution < 1.29 is 9.84 Å². The number of aromatic nitrogens is 2. The van der Waals surface area contributed by atoms with E-state index in [4.69, 9.17) is 4.74 Å². The predicted molar refractivity (Wildman–Crippen MR) is 74.1 cm³/mol. The molecule has 1 aromatic carbocycles. The third kappa shape index (κ3) is 2.74. The van der Waals surface area contributed by atoms with Crippen molar-refractivity contribution in [3.8, 4) is 17.1 Å². The summed E-state index contributed by atoms with van der Waals surface area (Å²) in [4.78, 5) is 8.77. The summed E-state index contributed by atoms with van der Waals surface area (Å²) in [5, 5.41) is 9.58. The minimum atomic E-state index is -0.549. The zero-order valence-corrected chi connectivity index (χ0v) is 11.6. The molecule has 0 saturated carbocycles. The lowest BCUT2D eigenvalue weighted by molar-refractivity contribution is 0.197. The van der Waals surface area contributed by atoms with Gasteiger partial charge in [0.15, 0.2) is 5.82 Å². The molecule has 100 valence electrons. The van der Waals surface area contributed by atoms with Crippen molar-refractivity contribution in [1.82, 2.24) is 9.97 Å². The number of aliphatic hydroxyl groups excluding tert-OH is 1. The quantitative estimate of drug-likeness (QED) is 0.919. The summed E-state index contributed by atoms with van der Waals surface area (Å²) in [5.41, 5.74) is 3.54. The Hall–Kier alpha value is -1.94. The molecule has 0 unspecified atom stereocenters. The van der Waals surface area contributed by atoms with E-state index in [-0.39, 0.29) is 0 Å². The van der Waals surface area contributed by atoms with Crippen molar-refractivity contribution in [3.05, 3.63) is 41.2 Å². The lowest BCUT2D eigenvalue weighted by Gasteiger charge is -2.10. The highest BCUT2D eigenvalue weighted by Crippen LogP contribution is 2.25. The van der Waals surface area contributed by atoms with E-state index in [0.717, 1.165) is 28.1 Å². The summed E-state index contributed by atoms with van der Waals surface area (Å²) in [6.45, 7) is 5.58. The monoisotopic (exact) mass is 258 g/mol. The van der Waals surface area contributed by atoms with Crippen LogP contribution in [0.1, 0.15) is 29.8 Å². The third-order valence-corrected chi connectivity index (χ3v) is 3.12. The van der Waals surface area contributed by atoms with Gasteiger partial charge in [0.25, 0.3) is 0 Å². The average Bonchev–Trinajstić information content (AvgIpc) is 2.38. The maximum Gasteiger partial charge on any atom is 0.159 e. The standard InChI is InChI=1S/C15H18N2O2/c1-9-7-12(5-6-14(9)19-4)15-16-8-13(11(3)18)10(2)17-15/h5-8,11,18H,1-4H3/t11-/m0/s1. The lowest BCUT2D eigenvalue weighted by Crippen LogP contribution is -2.01. The van der Waals surface area contributed by atoms with Gasteiger partial charge in [-0.25, -0.2) is 9.97 Å². The average molecular weight is 258 g/mol. The number of aliphatic hydroxyl groups is 1. The van der Waals surface area contributed by atoms with Crippen molar-refractivity contribution in [3.63, 3.8) is 0 Å². The second-order valence-electron chi connectivity index (χ2n) is 4.59. The van der Waals surface area contributed by atoms with E-state index < -0.39 is 6.10 Å². The maximum absolute atomic E-state index is 9.58. The summed E-state index contributed by atoms with van der Waals surface area (Å²) >= 11 is 0. The van der Waals surface area contributed by atoms with Gasteiger partial charge in [-0.1, -0.05) is 0 Å². The number of hydrogen-bond acceptors (Lipinski definition) is 4. The Balaban J connectivity index is 2.42. The van der Waals surface area contributed by atoms with Gasteiger partial charge >= 0.3 is 0 Å². The smallest absolute Gasteiger partial charge is 0.159 e. The summed E-state index contributed by atoms with van der Waals surface area (Å²) in [5.74, 6) is 1.51. The molecule has 0 aliphatic rings. The molecule has 0 aliphatic carbocycles. The molecule has 0 aliphatic heterocycles. The number of methoxy groups -OCH3 is 1. The van der Waals surface area contributed by atoms with Crippen LogP contribution in [0.4, 0.5) is 0 Å². The van der Waals surface area contributed by atoms with E-state index in [1.807, 2.05) is 32.0 Å². The summed E-state index contributed by atoms with van der Waals surface area (Å²) in [7, 11) is 1.65. The number of hydrogen-bond donors (Lipinski definition) is 1. The number of ether oxygens (including phenoxy) is 1. The molecule has 2 rings (SSSR count).